The van der Waals surface area contributed by atoms with Crippen LogP contribution in [0, 0.1) is 0 Å². The Labute approximate surface area is 165 Å². The summed E-state index contributed by atoms with van der Waals surface area (Å²) >= 11 is 5.85. The Bertz CT molecular complexity index is 874. The summed E-state index contributed by atoms with van der Waals surface area (Å²) in [6.07, 6.45) is 2.93. The van der Waals surface area contributed by atoms with Gasteiger partial charge in [-0.15, -0.1) is 0 Å². The highest BCUT2D eigenvalue weighted by Gasteiger charge is 2.24. The molecule has 0 bridgehead atoms. The van der Waals surface area contributed by atoms with Gasteiger partial charge in [0, 0.05) is 30.2 Å². The second kappa shape index (κ2) is 8.87. The molecule has 1 amide bonds. The SMILES string of the molecule is O=C(NCc1ccc(Cl)cc1)c1ccc(CS(=O)(=O)N2CCCCC2)cc1. The normalized spacial score (nSPS) is 15.4. The molecular weight excluding hydrogens is 384 g/mol. The number of carbonyl (C=O) groups excluding carboxylic acids is 1. The van der Waals surface area contributed by atoms with Crippen LogP contribution in [0.2, 0.25) is 5.02 Å². The highest BCUT2D eigenvalue weighted by molar-refractivity contribution is 7.88. The first-order chi connectivity index (χ1) is 12.9. The van der Waals surface area contributed by atoms with E-state index in [1.165, 1.54) is 0 Å². The molecule has 144 valence electrons. The number of benzene rings is 2. The number of sulfonamides is 1. The van der Waals surface area contributed by atoms with Gasteiger partial charge in [0.2, 0.25) is 10.0 Å². The van der Waals surface area contributed by atoms with Gasteiger partial charge in [-0.3, -0.25) is 4.79 Å². The van der Waals surface area contributed by atoms with E-state index in [1.54, 1.807) is 40.7 Å². The van der Waals surface area contributed by atoms with Gasteiger partial charge in [-0.2, -0.15) is 0 Å². The molecule has 1 heterocycles. The van der Waals surface area contributed by atoms with E-state index in [4.69, 9.17) is 11.6 Å². The third-order valence-corrected chi connectivity index (χ3v) is 6.74. The van der Waals surface area contributed by atoms with E-state index in [2.05, 4.69) is 5.32 Å². The third-order valence-electron chi connectivity index (χ3n) is 4.64. The largest absolute Gasteiger partial charge is 0.348 e. The van der Waals surface area contributed by atoms with E-state index >= 15 is 0 Å². The number of rotatable bonds is 6. The number of nitrogens with zero attached hydrogens (tertiary/aromatic N) is 1. The summed E-state index contributed by atoms with van der Waals surface area (Å²) in [5, 5.41) is 3.50. The first-order valence-corrected chi connectivity index (χ1v) is 11.0. The molecule has 5 nitrogen and oxygen atoms in total. The third kappa shape index (κ3) is 5.54. The lowest BCUT2D eigenvalue weighted by atomic mass is 10.1. The number of nitrogens with one attached hydrogen (secondary N) is 1. The van der Waals surface area contributed by atoms with Crippen molar-refractivity contribution < 1.29 is 13.2 Å². The van der Waals surface area contributed by atoms with Crippen molar-refractivity contribution in [2.45, 2.75) is 31.6 Å². The number of halogens is 1. The number of hydrogen-bond acceptors (Lipinski definition) is 3. The van der Waals surface area contributed by atoms with Crippen molar-refractivity contribution in [1.82, 2.24) is 9.62 Å². The van der Waals surface area contributed by atoms with Gasteiger partial charge in [0.05, 0.1) is 5.75 Å². The molecule has 2 aromatic rings. The van der Waals surface area contributed by atoms with E-state index in [0.29, 0.717) is 35.8 Å². The predicted octanol–water partition coefficient (Wildman–Crippen LogP) is 3.59. The minimum Gasteiger partial charge on any atom is -0.348 e. The second-order valence-corrected chi connectivity index (χ2v) is 9.13. The van der Waals surface area contributed by atoms with Gasteiger partial charge in [0.15, 0.2) is 0 Å². The topological polar surface area (TPSA) is 66.5 Å². The van der Waals surface area contributed by atoms with Crippen molar-refractivity contribution in [2.75, 3.05) is 13.1 Å². The van der Waals surface area contributed by atoms with Crippen LogP contribution in [-0.2, 0) is 22.3 Å². The molecule has 1 aliphatic heterocycles. The predicted molar refractivity (Wildman–Crippen MR) is 107 cm³/mol. The fraction of sp³-hybridized carbons (Fsp3) is 0.350. The Hall–Kier alpha value is -1.89. The summed E-state index contributed by atoms with van der Waals surface area (Å²) in [6.45, 7) is 1.61. The Morgan fingerprint density at radius 1 is 0.926 bits per heavy atom. The maximum Gasteiger partial charge on any atom is 0.251 e. The van der Waals surface area contributed by atoms with Crippen LogP contribution >= 0.6 is 11.6 Å². The Morgan fingerprint density at radius 2 is 1.52 bits per heavy atom. The van der Waals surface area contributed by atoms with E-state index in [0.717, 1.165) is 24.8 Å². The van der Waals surface area contributed by atoms with Crippen LogP contribution in [-0.4, -0.2) is 31.7 Å². The van der Waals surface area contributed by atoms with E-state index < -0.39 is 10.0 Å². The van der Waals surface area contributed by atoms with Gasteiger partial charge in [0.25, 0.3) is 5.91 Å². The van der Waals surface area contributed by atoms with Crippen LogP contribution in [0.15, 0.2) is 48.5 Å². The zero-order chi connectivity index (χ0) is 19.3. The molecule has 1 fully saturated rings. The Morgan fingerprint density at radius 3 is 2.15 bits per heavy atom. The van der Waals surface area contributed by atoms with Gasteiger partial charge in [-0.05, 0) is 48.2 Å². The van der Waals surface area contributed by atoms with Crippen molar-refractivity contribution in [2.24, 2.45) is 0 Å². The van der Waals surface area contributed by atoms with Crippen LogP contribution < -0.4 is 5.32 Å². The minimum atomic E-state index is -3.30. The first kappa shape index (κ1) is 19.9. The van der Waals surface area contributed by atoms with Gasteiger partial charge in [-0.1, -0.05) is 42.3 Å². The molecule has 0 atom stereocenters. The number of hydrogen-bond donors (Lipinski definition) is 1. The minimum absolute atomic E-state index is 0.0281. The summed E-state index contributed by atoms with van der Waals surface area (Å²) < 4.78 is 26.6. The molecule has 0 saturated carbocycles. The van der Waals surface area contributed by atoms with Gasteiger partial charge >= 0.3 is 0 Å². The van der Waals surface area contributed by atoms with Gasteiger partial charge in [0.1, 0.15) is 0 Å². The van der Waals surface area contributed by atoms with Gasteiger partial charge in [-0.25, -0.2) is 12.7 Å². The molecule has 0 spiro atoms. The van der Waals surface area contributed by atoms with Crippen LogP contribution in [0.3, 0.4) is 0 Å². The standard InChI is InChI=1S/C20H23ClN2O3S/c21-19-10-6-16(7-11-19)14-22-20(24)18-8-4-17(5-9-18)15-27(25,26)23-12-2-1-3-13-23/h4-11H,1-3,12-15H2,(H,22,24). The molecule has 1 aliphatic rings. The fourth-order valence-electron chi connectivity index (χ4n) is 3.08. The summed E-state index contributed by atoms with van der Waals surface area (Å²) in [7, 11) is -3.30. The summed E-state index contributed by atoms with van der Waals surface area (Å²) in [5.41, 5.74) is 2.15. The van der Waals surface area contributed by atoms with Crippen LogP contribution in [0.25, 0.3) is 0 Å². The maximum absolute atomic E-state index is 12.5. The van der Waals surface area contributed by atoms with Crippen LogP contribution in [0.4, 0.5) is 0 Å². The Balaban J connectivity index is 1.57. The molecule has 0 aromatic heterocycles. The fourth-order valence-corrected chi connectivity index (χ4v) is 4.82. The average Bonchev–Trinajstić information content (AvgIpc) is 2.68. The van der Waals surface area contributed by atoms with E-state index in [1.807, 2.05) is 12.1 Å². The van der Waals surface area contributed by atoms with E-state index in [9.17, 15) is 13.2 Å². The highest BCUT2D eigenvalue weighted by Crippen LogP contribution is 2.17. The van der Waals surface area contributed by atoms with Crippen molar-refractivity contribution in [3.63, 3.8) is 0 Å². The van der Waals surface area contributed by atoms with E-state index in [-0.39, 0.29) is 11.7 Å². The quantitative estimate of drug-likeness (QED) is 0.797. The summed E-state index contributed by atoms with van der Waals surface area (Å²) in [6, 6.07) is 14.0. The summed E-state index contributed by atoms with van der Waals surface area (Å²) in [5.74, 6) is -0.227. The van der Waals surface area contributed by atoms with Crippen molar-refractivity contribution in [3.8, 4) is 0 Å². The number of piperidine rings is 1. The number of amides is 1. The lowest BCUT2D eigenvalue weighted by Gasteiger charge is -2.25. The lowest BCUT2D eigenvalue weighted by Crippen LogP contribution is -2.36. The zero-order valence-corrected chi connectivity index (χ0v) is 16.6. The van der Waals surface area contributed by atoms with Gasteiger partial charge < -0.3 is 5.32 Å². The molecule has 0 unspecified atom stereocenters. The Kier molecular flexibility index (Phi) is 6.52. The van der Waals surface area contributed by atoms with Crippen molar-refractivity contribution >= 4 is 27.5 Å². The molecule has 27 heavy (non-hydrogen) atoms. The highest BCUT2D eigenvalue weighted by atomic mass is 35.5. The molecular formula is C20H23ClN2O3S. The molecule has 3 rings (SSSR count). The number of carbonyl (C=O) groups is 1. The molecule has 2 aromatic carbocycles. The van der Waals surface area contributed by atoms with Crippen molar-refractivity contribution in [1.29, 1.82) is 0 Å². The molecule has 1 saturated heterocycles. The molecule has 7 heteroatoms. The molecule has 0 aliphatic carbocycles. The molecule has 0 radical (unpaired) electrons. The first-order valence-electron chi connectivity index (χ1n) is 9.03. The smallest absolute Gasteiger partial charge is 0.251 e. The average molecular weight is 407 g/mol. The second-order valence-electron chi connectivity index (χ2n) is 6.72. The maximum atomic E-state index is 12.5. The van der Waals surface area contributed by atoms with Crippen LogP contribution in [0.1, 0.15) is 40.7 Å². The summed E-state index contributed by atoms with van der Waals surface area (Å²) in [4.78, 5) is 12.3. The lowest BCUT2D eigenvalue weighted by molar-refractivity contribution is 0.0951. The monoisotopic (exact) mass is 406 g/mol. The van der Waals surface area contributed by atoms with Crippen molar-refractivity contribution in [3.05, 3.63) is 70.2 Å². The zero-order valence-electron chi connectivity index (χ0n) is 15.0. The molecule has 1 N–H and O–H groups in total. The van der Waals surface area contributed by atoms with Crippen LogP contribution in [0.5, 0.6) is 0 Å².